The monoisotopic (exact) mass is 254 g/mol. The summed E-state index contributed by atoms with van der Waals surface area (Å²) in [6, 6.07) is 0. The quantitative estimate of drug-likeness (QED) is 0.430. The van der Waals surface area contributed by atoms with Gasteiger partial charge >= 0.3 is 0 Å². The van der Waals surface area contributed by atoms with Crippen molar-refractivity contribution in [3.63, 3.8) is 0 Å². The van der Waals surface area contributed by atoms with E-state index in [9.17, 15) is 0 Å². The molecule has 0 aromatic rings. The molecule has 1 fully saturated rings. The number of nitrogens with zero attached hydrogens (tertiary/aromatic N) is 2. The van der Waals surface area contributed by atoms with E-state index in [1.807, 2.05) is 7.05 Å². The van der Waals surface area contributed by atoms with Crippen LogP contribution in [0.25, 0.3) is 0 Å². The Morgan fingerprint density at radius 1 is 1.22 bits per heavy atom. The molecule has 4 heteroatoms. The third kappa shape index (κ3) is 6.24. The number of aliphatic imine (C=N–C) groups is 1. The number of hydrogen-bond donors (Lipinski definition) is 2. The van der Waals surface area contributed by atoms with Gasteiger partial charge in [-0.3, -0.25) is 4.99 Å². The van der Waals surface area contributed by atoms with E-state index in [1.54, 1.807) is 0 Å². The molecule has 1 aliphatic heterocycles. The summed E-state index contributed by atoms with van der Waals surface area (Å²) in [7, 11) is 1.83. The minimum atomic E-state index is 0.927. The Morgan fingerprint density at radius 3 is 2.50 bits per heavy atom. The van der Waals surface area contributed by atoms with E-state index in [0.717, 1.165) is 31.4 Å². The SMILES string of the molecule is CCCNC(=NC)NCCCN1CCC(C)CC1. The van der Waals surface area contributed by atoms with Gasteiger partial charge in [0.1, 0.15) is 0 Å². The summed E-state index contributed by atoms with van der Waals surface area (Å²) in [5, 5.41) is 6.65. The maximum atomic E-state index is 4.20. The van der Waals surface area contributed by atoms with E-state index in [0.29, 0.717) is 0 Å². The summed E-state index contributed by atoms with van der Waals surface area (Å²) in [6.07, 6.45) is 5.06. The highest BCUT2D eigenvalue weighted by Crippen LogP contribution is 2.15. The van der Waals surface area contributed by atoms with E-state index in [4.69, 9.17) is 0 Å². The predicted octanol–water partition coefficient (Wildman–Crippen LogP) is 1.68. The predicted molar refractivity (Wildman–Crippen MR) is 79.1 cm³/mol. The van der Waals surface area contributed by atoms with Crippen molar-refractivity contribution in [1.29, 1.82) is 0 Å². The van der Waals surface area contributed by atoms with E-state index in [-0.39, 0.29) is 0 Å². The molecule has 18 heavy (non-hydrogen) atoms. The number of likely N-dealkylation sites (tertiary alicyclic amines) is 1. The van der Waals surface area contributed by atoms with Crippen molar-refractivity contribution in [2.24, 2.45) is 10.9 Å². The Kier molecular flexibility index (Phi) is 7.81. The summed E-state index contributed by atoms with van der Waals surface area (Å²) < 4.78 is 0. The third-order valence-corrected chi connectivity index (χ3v) is 3.59. The molecule has 0 aliphatic carbocycles. The molecule has 0 aromatic heterocycles. The second kappa shape index (κ2) is 9.20. The Morgan fingerprint density at radius 2 is 1.89 bits per heavy atom. The Hall–Kier alpha value is -0.770. The molecule has 2 N–H and O–H groups in total. The molecule has 0 spiro atoms. The number of hydrogen-bond acceptors (Lipinski definition) is 2. The van der Waals surface area contributed by atoms with Crippen LogP contribution in [0.1, 0.15) is 39.5 Å². The summed E-state index contributed by atoms with van der Waals surface area (Å²) in [5.41, 5.74) is 0. The molecule has 0 amide bonds. The standard InChI is InChI=1S/C14H30N4/c1-4-8-16-14(15-3)17-9-5-10-18-11-6-13(2)7-12-18/h13H,4-12H2,1-3H3,(H2,15,16,17). The molecular weight excluding hydrogens is 224 g/mol. The number of guanidine groups is 1. The lowest BCUT2D eigenvalue weighted by atomic mass is 9.99. The van der Waals surface area contributed by atoms with Crippen molar-refractivity contribution >= 4 is 5.96 Å². The van der Waals surface area contributed by atoms with Crippen LogP contribution in [0.2, 0.25) is 0 Å². The van der Waals surface area contributed by atoms with Gasteiger partial charge in [-0.05, 0) is 51.2 Å². The minimum absolute atomic E-state index is 0.927. The molecule has 0 atom stereocenters. The zero-order valence-corrected chi connectivity index (χ0v) is 12.3. The van der Waals surface area contributed by atoms with Crippen molar-refractivity contribution in [2.75, 3.05) is 39.8 Å². The molecule has 0 unspecified atom stereocenters. The fraction of sp³-hybridized carbons (Fsp3) is 0.929. The summed E-state index contributed by atoms with van der Waals surface area (Å²) in [4.78, 5) is 6.79. The van der Waals surface area contributed by atoms with Crippen LogP contribution in [0.4, 0.5) is 0 Å². The third-order valence-electron chi connectivity index (χ3n) is 3.59. The van der Waals surface area contributed by atoms with Crippen molar-refractivity contribution in [1.82, 2.24) is 15.5 Å². The molecule has 1 heterocycles. The molecule has 1 rings (SSSR count). The van der Waals surface area contributed by atoms with Gasteiger partial charge in [0.05, 0.1) is 0 Å². The molecule has 4 nitrogen and oxygen atoms in total. The van der Waals surface area contributed by atoms with Crippen LogP contribution in [0.5, 0.6) is 0 Å². The Labute approximate surface area is 112 Å². The highest BCUT2D eigenvalue weighted by Gasteiger charge is 2.14. The highest BCUT2D eigenvalue weighted by atomic mass is 15.2. The van der Waals surface area contributed by atoms with E-state index < -0.39 is 0 Å². The summed E-state index contributed by atoms with van der Waals surface area (Å²) in [6.45, 7) is 10.3. The zero-order valence-electron chi connectivity index (χ0n) is 12.3. The minimum Gasteiger partial charge on any atom is -0.356 e. The molecule has 0 bridgehead atoms. The van der Waals surface area contributed by atoms with Gasteiger partial charge in [0.2, 0.25) is 0 Å². The van der Waals surface area contributed by atoms with Gasteiger partial charge in [-0.2, -0.15) is 0 Å². The van der Waals surface area contributed by atoms with Gasteiger partial charge in [0, 0.05) is 20.1 Å². The normalized spacial score (nSPS) is 18.9. The van der Waals surface area contributed by atoms with Gasteiger partial charge in [0.15, 0.2) is 5.96 Å². The first-order chi connectivity index (χ1) is 8.76. The van der Waals surface area contributed by atoms with Gasteiger partial charge in [-0.15, -0.1) is 0 Å². The van der Waals surface area contributed by atoms with Crippen molar-refractivity contribution in [3.05, 3.63) is 0 Å². The topological polar surface area (TPSA) is 39.7 Å². The van der Waals surface area contributed by atoms with Crippen molar-refractivity contribution in [3.8, 4) is 0 Å². The molecule has 0 radical (unpaired) electrons. The lowest BCUT2D eigenvalue weighted by Crippen LogP contribution is -2.40. The second-order valence-electron chi connectivity index (χ2n) is 5.30. The van der Waals surface area contributed by atoms with Crippen LogP contribution in [0, 0.1) is 5.92 Å². The number of rotatable bonds is 6. The highest BCUT2D eigenvalue weighted by molar-refractivity contribution is 5.79. The van der Waals surface area contributed by atoms with E-state index in [1.165, 1.54) is 38.9 Å². The summed E-state index contributed by atoms with van der Waals surface area (Å²) >= 11 is 0. The van der Waals surface area contributed by atoms with Gasteiger partial charge < -0.3 is 15.5 Å². The first kappa shape index (κ1) is 15.3. The van der Waals surface area contributed by atoms with Crippen molar-refractivity contribution in [2.45, 2.75) is 39.5 Å². The second-order valence-corrected chi connectivity index (χ2v) is 5.30. The van der Waals surface area contributed by atoms with Gasteiger partial charge in [-0.1, -0.05) is 13.8 Å². The molecule has 1 aliphatic rings. The van der Waals surface area contributed by atoms with Crippen LogP contribution in [-0.2, 0) is 0 Å². The molecular formula is C14H30N4. The lowest BCUT2D eigenvalue weighted by Gasteiger charge is -2.30. The lowest BCUT2D eigenvalue weighted by molar-refractivity contribution is 0.191. The molecule has 0 saturated carbocycles. The largest absolute Gasteiger partial charge is 0.356 e. The van der Waals surface area contributed by atoms with Gasteiger partial charge in [-0.25, -0.2) is 0 Å². The molecule has 106 valence electrons. The Balaban J connectivity index is 2.03. The zero-order chi connectivity index (χ0) is 13.2. The Bertz CT molecular complexity index is 232. The maximum absolute atomic E-state index is 4.20. The van der Waals surface area contributed by atoms with Crippen LogP contribution < -0.4 is 10.6 Å². The average Bonchev–Trinajstić information content (AvgIpc) is 2.40. The van der Waals surface area contributed by atoms with E-state index >= 15 is 0 Å². The molecule has 0 aromatic carbocycles. The number of nitrogens with one attached hydrogen (secondary N) is 2. The fourth-order valence-electron chi connectivity index (χ4n) is 2.26. The first-order valence-corrected chi connectivity index (χ1v) is 7.43. The van der Waals surface area contributed by atoms with Gasteiger partial charge in [0.25, 0.3) is 0 Å². The van der Waals surface area contributed by atoms with Crippen molar-refractivity contribution < 1.29 is 0 Å². The van der Waals surface area contributed by atoms with Crippen LogP contribution in [0.3, 0.4) is 0 Å². The maximum Gasteiger partial charge on any atom is 0.190 e. The smallest absolute Gasteiger partial charge is 0.190 e. The number of piperidine rings is 1. The van der Waals surface area contributed by atoms with Crippen LogP contribution in [0.15, 0.2) is 4.99 Å². The first-order valence-electron chi connectivity index (χ1n) is 7.43. The van der Waals surface area contributed by atoms with E-state index in [2.05, 4.69) is 34.4 Å². The van der Waals surface area contributed by atoms with Crippen LogP contribution in [-0.4, -0.2) is 50.6 Å². The fourth-order valence-corrected chi connectivity index (χ4v) is 2.26. The average molecular weight is 254 g/mol. The van der Waals surface area contributed by atoms with Crippen LogP contribution >= 0.6 is 0 Å². The molecule has 1 saturated heterocycles. The summed E-state index contributed by atoms with van der Waals surface area (Å²) in [5.74, 6) is 1.86.